The maximum absolute atomic E-state index is 2.69. The number of fused-ring (bicyclic) bond motifs is 5. The van der Waals surface area contributed by atoms with Crippen LogP contribution in [0.5, 0.6) is 0 Å². The van der Waals surface area contributed by atoms with Crippen molar-refractivity contribution in [2.24, 2.45) is 0 Å². The van der Waals surface area contributed by atoms with Gasteiger partial charge in [-0.15, -0.1) is 0 Å². The molecule has 146 valence electrons. The molecule has 6 rings (SSSR count). The normalized spacial score (nSPS) is 23.9. The van der Waals surface area contributed by atoms with Crippen LogP contribution in [0, 0.1) is 6.92 Å². The fourth-order valence-corrected chi connectivity index (χ4v) is 5.67. The second-order valence-corrected chi connectivity index (χ2v) is 8.67. The van der Waals surface area contributed by atoms with E-state index in [1.807, 2.05) is 0 Å². The van der Waals surface area contributed by atoms with E-state index in [1.54, 1.807) is 0 Å². The van der Waals surface area contributed by atoms with Gasteiger partial charge in [0, 0.05) is 41.3 Å². The number of benzene rings is 3. The summed E-state index contributed by atoms with van der Waals surface area (Å²) in [6.45, 7) is 7.11. The largest absolute Gasteiger partial charge is 0.352 e. The Kier molecular flexibility index (Phi) is 3.75. The maximum atomic E-state index is 2.69. The van der Waals surface area contributed by atoms with Crippen molar-refractivity contribution >= 4 is 27.5 Å². The fraction of sp³-hybridized carbons (Fsp3) is 0.308. The molecule has 2 saturated heterocycles. The van der Waals surface area contributed by atoms with Crippen LogP contribution in [0.15, 0.2) is 66.7 Å². The first-order valence-electron chi connectivity index (χ1n) is 10.8. The third kappa shape index (κ3) is 2.47. The van der Waals surface area contributed by atoms with Gasteiger partial charge in [-0.2, -0.15) is 0 Å². The number of hydrogen-bond donors (Lipinski definition) is 0. The Morgan fingerprint density at radius 3 is 2.48 bits per heavy atom. The number of aryl methyl sites for hydroxylation is 1. The topological polar surface area (TPSA) is 11.4 Å². The van der Waals surface area contributed by atoms with Crippen LogP contribution in [0.1, 0.15) is 25.3 Å². The minimum Gasteiger partial charge on any atom is -0.352 e. The molecule has 0 N–H and O–H groups in total. The van der Waals surface area contributed by atoms with Crippen molar-refractivity contribution in [3.8, 4) is 5.69 Å². The van der Waals surface area contributed by atoms with Crippen molar-refractivity contribution in [3.63, 3.8) is 0 Å². The van der Waals surface area contributed by atoms with Gasteiger partial charge in [0.2, 0.25) is 0 Å². The van der Waals surface area contributed by atoms with E-state index in [9.17, 15) is 0 Å². The summed E-state index contributed by atoms with van der Waals surface area (Å²) in [7, 11) is 0. The zero-order valence-electron chi connectivity index (χ0n) is 17.2. The molecule has 29 heavy (non-hydrogen) atoms. The van der Waals surface area contributed by atoms with Gasteiger partial charge in [0.15, 0.2) is 0 Å². The summed E-state index contributed by atoms with van der Waals surface area (Å²) in [5.41, 5.74) is 6.59. The quantitative estimate of drug-likeness (QED) is 0.440. The fourth-order valence-electron chi connectivity index (χ4n) is 5.67. The molecular weight excluding hydrogens is 354 g/mol. The molecule has 3 heterocycles. The van der Waals surface area contributed by atoms with E-state index in [0.717, 1.165) is 0 Å². The lowest BCUT2D eigenvalue weighted by Crippen LogP contribution is -2.36. The number of para-hydroxylation sites is 2. The molecule has 2 bridgehead atoms. The first-order valence-corrected chi connectivity index (χ1v) is 10.8. The lowest BCUT2D eigenvalue weighted by molar-refractivity contribution is 0.244. The molecule has 0 aliphatic carbocycles. The Labute approximate surface area is 172 Å². The van der Waals surface area contributed by atoms with Crippen molar-refractivity contribution in [3.05, 3.63) is 72.3 Å². The monoisotopic (exact) mass is 381 g/mol. The van der Waals surface area contributed by atoms with Crippen molar-refractivity contribution in [1.29, 1.82) is 0 Å². The van der Waals surface area contributed by atoms with Gasteiger partial charge >= 0.3 is 0 Å². The second kappa shape index (κ2) is 6.36. The van der Waals surface area contributed by atoms with Crippen molar-refractivity contribution in [2.75, 3.05) is 18.0 Å². The molecule has 3 heteroatoms. The van der Waals surface area contributed by atoms with E-state index in [1.165, 1.54) is 64.7 Å². The van der Waals surface area contributed by atoms with Gasteiger partial charge in [-0.25, -0.2) is 0 Å². The van der Waals surface area contributed by atoms with E-state index >= 15 is 0 Å². The van der Waals surface area contributed by atoms with Gasteiger partial charge in [-0.1, -0.05) is 36.4 Å². The number of aromatic nitrogens is 1. The van der Waals surface area contributed by atoms with E-state index in [4.69, 9.17) is 0 Å². The Hall–Kier alpha value is -2.78. The van der Waals surface area contributed by atoms with E-state index in [-0.39, 0.29) is 0 Å². The van der Waals surface area contributed by atoms with Gasteiger partial charge in [0.05, 0.1) is 17.2 Å². The van der Waals surface area contributed by atoms with Crippen molar-refractivity contribution < 1.29 is 0 Å². The predicted octanol–water partition coefficient (Wildman–Crippen LogP) is 5.72. The minimum absolute atomic E-state index is 0.487. The summed E-state index contributed by atoms with van der Waals surface area (Å²) in [6, 6.07) is 25.1. The molecule has 2 fully saturated rings. The summed E-state index contributed by atoms with van der Waals surface area (Å²) >= 11 is 0. The highest BCUT2D eigenvalue weighted by atomic mass is 15.4. The van der Waals surface area contributed by atoms with Crippen LogP contribution in [0.3, 0.4) is 0 Å². The van der Waals surface area contributed by atoms with Gasteiger partial charge in [0.1, 0.15) is 0 Å². The summed E-state index contributed by atoms with van der Waals surface area (Å²) < 4.78 is 2.41. The molecule has 0 amide bonds. The summed E-state index contributed by atoms with van der Waals surface area (Å²) in [5.74, 6) is 0. The third-order valence-corrected chi connectivity index (χ3v) is 7.04. The summed E-state index contributed by atoms with van der Waals surface area (Å²) in [4.78, 5) is 5.33. The molecule has 1 aromatic heterocycles. The zero-order chi connectivity index (χ0) is 19.5. The van der Waals surface area contributed by atoms with Crippen LogP contribution in [0.2, 0.25) is 0 Å². The molecule has 3 nitrogen and oxygen atoms in total. The first kappa shape index (κ1) is 17.1. The van der Waals surface area contributed by atoms with Crippen LogP contribution < -0.4 is 4.90 Å². The van der Waals surface area contributed by atoms with E-state index in [2.05, 4.69) is 94.9 Å². The molecule has 4 aromatic rings. The Bertz CT molecular complexity index is 1210. The van der Waals surface area contributed by atoms with Crippen LogP contribution in [-0.2, 0) is 0 Å². The summed E-state index contributed by atoms with van der Waals surface area (Å²) in [6.07, 6.45) is 3.12. The SMILES string of the molecule is Cc1cc2c(cc1N1C3CCCN(C3)[C@@H]1C)c1ccccc1n2-c1ccccc1. The lowest BCUT2D eigenvalue weighted by Gasteiger charge is -2.31. The van der Waals surface area contributed by atoms with Crippen molar-refractivity contribution in [1.82, 2.24) is 9.47 Å². The second-order valence-electron chi connectivity index (χ2n) is 8.67. The van der Waals surface area contributed by atoms with E-state index < -0.39 is 0 Å². The Morgan fingerprint density at radius 1 is 0.862 bits per heavy atom. The molecule has 0 radical (unpaired) electrons. The standard InChI is InChI=1S/C26H27N3/c1-18-15-26-23(16-25(18)28-19(2)27-14-8-11-21(28)17-27)22-12-6-7-13-24(22)29(26)20-9-4-3-5-10-20/h3-7,9-10,12-13,15-16,19,21H,8,11,14,17H2,1-2H3/t19-,21?/m0/s1. The minimum atomic E-state index is 0.487. The molecule has 0 saturated carbocycles. The first-order chi connectivity index (χ1) is 14.2. The average molecular weight is 382 g/mol. The molecule has 3 atom stereocenters. The van der Waals surface area contributed by atoms with Crippen LogP contribution in [0.25, 0.3) is 27.5 Å². The van der Waals surface area contributed by atoms with Crippen LogP contribution in [0.4, 0.5) is 5.69 Å². The molecule has 0 spiro atoms. The molecule has 3 aromatic carbocycles. The van der Waals surface area contributed by atoms with Crippen molar-refractivity contribution in [2.45, 2.75) is 38.9 Å². The zero-order valence-corrected chi connectivity index (χ0v) is 17.2. The number of nitrogens with zero attached hydrogens (tertiary/aromatic N) is 3. The number of hydrogen-bond acceptors (Lipinski definition) is 2. The maximum Gasteiger partial charge on any atom is 0.0796 e. The average Bonchev–Trinajstić information content (AvgIpc) is 3.18. The number of piperidine rings is 1. The smallest absolute Gasteiger partial charge is 0.0796 e. The lowest BCUT2D eigenvalue weighted by atomic mass is 10.0. The Balaban J connectivity index is 1.62. The predicted molar refractivity (Wildman–Crippen MR) is 122 cm³/mol. The van der Waals surface area contributed by atoms with Gasteiger partial charge in [0.25, 0.3) is 0 Å². The van der Waals surface area contributed by atoms with Gasteiger partial charge < -0.3 is 9.47 Å². The van der Waals surface area contributed by atoms with Gasteiger partial charge in [-0.05, 0) is 62.6 Å². The summed E-state index contributed by atoms with van der Waals surface area (Å²) in [5, 5.41) is 2.69. The highest BCUT2D eigenvalue weighted by molar-refractivity contribution is 6.10. The van der Waals surface area contributed by atoms with Crippen LogP contribution in [-0.4, -0.2) is 34.8 Å². The number of anilines is 1. The van der Waals surface area contributed by atoms with Gasteiger partial charge in [-0.3, -0.25) is 4.90 Å². The Morgan fingerprint density at radius 2 is 1.66 bits per heavy atom. The van der Waals surface area contributed by atoms with Crippen LogP contribution >= 0.6 is 0 Å². The highest BCUT2D eigenvalue weighted by Gasteiger charge is 2.39. The number of rotatable bonds is 2. The van der Waals surface area contributed by atoms with E-state index in [0.29, 0.717) is 12.2 Å². The molecular formula is C26H27N3. The molecule has 2 unspecified atom stereocenters. The molecule has 2 aliphatic rings. The highest BCUT2D eigenvalue weighted by Crippen LogP contribution is 2.40. The third-order valence-electron chi connectivity index (χ3n) is 7.04. The molecule has 2 aliphatic heterocycles.